The summed E-state index contributed by atoms with van der Waals surface area (Å²) in [4.78, 5) is 11.1. The highest BCUT2D eigenvalue weighted by atomic mass is 79.9. The maximum atomic E-state index is 11.1. The Balaban J connectivity index is 2.20. The third kappa shape index (κ3) is 5.57. The van der Waals surface area contributed by atoms with Crippen molar-refractivity contribution in [3.05, 3.63) is 57.6 Å². The summed E-state index contributed by atoms with van der Waals surface area (Å²) in [5, 5.41) is 29.6. The first kappa shape index (κ1) is 19.9. The second kappa shape index (κ2) is 8.33. The molecule has 4 N–H and O–H groups in total. The minimum atomic E-state index is -1.03. The zero-order valence-corrected chi connectivity index (χ0v) is 16.1. The van der Waals surface area contributed by atoms with Crippen LogP contribution in [0.25, 0.3) is 0 Å². The summed E-state index contributed by atoms with van der Waals surface area (Å²) in [6, 6.07) is 10.2. The van der Waals surface area contributed by atoms with Gasteiger partial charge in [-0.05, 0) is 50.2 Å². The minimum absolute atomic E-state index is 0.130. The third-order valence-electron chi connectivity index (χ3n) is 3.53. The Morgan fingerprint density at radius 3 is 2.65 bits per heavy atom. The molecule has 0 radical (unpaired) electrons. The van der Waals surface area contributed by atoms with Gasteiger partial charge in [-0.25, -0.2) is 4.79 Å². The molecule has 2 aromatic rings. The van der Waals surface area contributed by atoms with Crippen LogP contribution in [0.1, 0.15) is 35.3 Å². The van der Waals surface area contributed by atoms with Gasteiger partial charge in [0.05, 0.1) is 11.2 Å². The molecule has 0 aliphatic carbocycles. The van der Waals surface area contributed by atoms with Gasteiger partial charge in [-0.3, -0.25) is 0 Å². The fraction of sp³-hybridized carbons (Fsp3) is 0.263. The van der Waals surface area contributed by atoms with Gasteiger partial charge in [0.25, 0.3) is 0 Å². The Morgan fingerprint density at radius 1 is 1.31 bits per heavy atom. The van der Waals surface area contributed by atoms with E-state index in [4.69, 9.17) is 15.3 Å². The SMILES string of the molecule is CC(C)(O)COc1ccc(Br)cc1CNc1ccc(C(=O)O)cc1C=N. The van der Waals surface area contributed by atoms with Crippen LogP contribution in [0, 0.1) is 5.41 Å². The van der Waals surface area contributed by atoms with E-state index < -0.39 is 11.6 Å². The standard InChI is InChI=1S/C19H21BrN2O4/c1-19(2,25)11-26-17-6-4-15(20)8-14(17)10-22-16-5-3-12(18(23)24)7-13(16)9-21/h3-9,21-22,25H,10-11H2,1-2H3,(H,23,24). The molecular weight excluding hydrogens is 400 g/mol. The van der Waals surface area contributed by atoms with Gasteiger partial charge in [-0.2, -0.15) is 0 Å². The Bertz CT molecular complexity index is 816. The maximum absolute atomic E-state index is 11.1. The highest BCUT2D eigenvalue weighted by Crippen LogP contribution is 2.26. The van der Waals surface area contributed by atoms with Crippen LogP contribution >= 0.6 is 15.9 Å². The molecule has 0 bridgehead atoms. The lowest BCUT2D eigenvalue weighted by molar-refractivity contribution is 0.0282. The van der Waals surface area contributed by atoms with Crippen LogP contribution in [0.4, 0.5) is 5.69 Å². The predicted molar refractivity (Wildman–Crippen MR) is 105 cm³/mol. The summed E-state index contributed by atoms with van der Waals surface area (Å²) >= 11 is 3.43. The number of hydrogen-bond donors (Lipinski definition) is 4. The normalized spacial score (nSPS) is 11.1. The Labute approximate surface area is 160 Å². The van der Waals surface area contributed by atoms with Gasteiger partial charge in [0.15, 0.2) is 0 Å². The maximum Gasteiger partial charge on any atom is 0.335 e. The molecule has 0 aliphatic rings. The summed E-state index contributed by atoms with van der Waals surface area (Å²) in [5.74, 6) is -0.393. The fourth-order valence-electron chi connectivity index (χ4n) is 2.25. The van der Waals surface area contributed by atoms with Gasteiger partial charge in [0.2, 0.25) is 0 Å². The van der Waals surface area contributed by atoms with Crippen LogP contribution in [0.2, 0.25) is 0 Å². The number of anilines is 1. The quantitative estimate of drug-likeness (QED) is 0.484. The number of aliphatic hydroxyl groups is 1. The van der Waals surface area contributed by atoms with Gasteiger partial charge < -0.3 is 25.7 Å². The van der Waals surface area contributed by atoms with Crippen molar-refractivity contribution in [3.8, 4) is 5.75 Å². The number of halogens is 1. The number of aromatic carboxylic acids is 1. The second-order valence-electron chi connectivity index (χ2n) is 6.46. The lowest BCUT2D eigenvalue weighted by atomic mass is 10.1. The zero-order valence-electron chi connectivity index (χ0n) is 14.5. The van der Waals surface area contributed by atoms with Gasteiger partial charge in [0.1, 0.15) is 12.4 Å². The van der Waals surface area contributed by atoms with Crippen molar-refractivity contribution >= 4 is 33.8 Å². The van der Waals surface area contributed by atoms with Gasteiger partial charge in [-0.15, -0.1) is 0 Å². The molecule has 138 valence electrons. The number of carboxylic acids is 1. The van der Waals surface area contributed by atoms with Crippen LogP contribution in [0.15, 0.2) is 40.9 Å². The van der Waals surface area contributed by atoms with Crippen LogP contribution in [0.3, 0.4) is 0 Å². The molecular formula is C19H21BrN2O4. The molecule has 7 heteroatoms. The van der Waals surface area contributed by atoms with E-state index in [0.717, 1.165) is 16.3 Å². The van der Waals surface area contributed by atoms with E-state index in [1.807, 2.05) is 18.2 Å². The first-order chi connectivity index (χ1) is 12.2. The van der Waals surface area contributed by atoms with Crippen molar-refractivity contribution in [1.29, 1.82) is 5.41 Å². The van der Waals surface area contributed by atoms with Crippen molar-refractivity contribution in [2.75, 3.05) is 11.9 Å². The summed E-state index contributed by atoms with van der Waals surface area (Å²) in [6.07, 6.45) is 1.11. The van der Waals surface area contributed by atoms with E-state index in [2.05, 4.69) is 21.2 Å². The molecule has 6 nitrogen and oxygen atoms in total. The van der Waals surface area contributed by atoms with Gasteiger partial charge >= 0.3 is 5.97 Å². The Kier molecular flexibility index (Phi) is 6.39. The molecule has 0 amide bonds. The van der Waals surface area contributed by atoms with E-state index >= 15 is 0 Å². The van der Waals surface area contributed by atoms with Crippen LogP contribution in [0.5, 0.6) is 5.75 Å². The van der Waals surface area contributed by atoms with E-state index in [1.165, 1.54) is 12.1 Å². The summed E-state index contributed by atoms with van der Waals surface area (Å²) in [5.41, 5.74) is 1.18. The summed E-state index contributed by atoms with van der Waals surface area (Å²) < 4.78 is 6.61. The van der Waals surface area contributed by atoms with Crippen molar-refractivity contribution in [3.63, 3.8) is 0 Å². The first-order valence-electron chi connectivity index (χ1n) is 7.95. The van der Waals surface area contributed by atoms with Gasteiger partial charge in [0, 0.05) is 34.0 Å². The van der Waals surface area contributed by atoms with Crippen molar-refractivity contribution in [2.24, 2.45) is 0 Å². The lowest BCUT2D eigenvalue weighted by Crippen LogP contribution is -2.28. The second-order valence-corrected chi connectivity index (χ2v) is 7.37. The molecule has 0 fully saturated rings. The molecule has 2 aromatic carbocycles. The largest absolute Gasteiger partial charge is 0.490 e. The average Bonchev–Trinajstić information content (AvgIpc) is 2.58. The molecule has 0 atom stereocenters. The number of ether oxygens (including phenoxy) is 1. The van der Waals surface area contributed by atoms with Crippen LogP contribution in [-0.4, -0.2) is 34.6 Å². The molecule has 0 saturated carbocycles. The van der Waals surface area contributed by atoms with Gasteiger partial charge in [-0.1, -0.05) is 15.9 Å². The smallest absolute Gasteiger partial charge is 0.335 e. The fourth-order valence-corrected chi connectivity index (χ4v) is 2.66. The Hall–Kier alpha value is -2.38. The average molecular weight is 421 g/mol. The first-order valence-corrected chi connectivity index (χ1v) is 8.74. The van der Waals surface area contributed by atoms with E-state index in [1.54, 1.807) is 19.9 Å². The number of benzene rings is 2. The number of hydrogen-bond acceptors (Lipinski definition) is 5. The van der Waals surface area contributed by atoms with Crippen LogP contribution < -0.4 is 10.1 Å². The molecule has 0 unspecified atom stereocenters. The summed E-state index contributed by atoms with van der Waals surface area (Å²) in [6.45, 7) is 3.91. The lowest BCUT2D eigenvalue weighted by Gasteiger charge is -2.20. The third-order valence-corrected chi connectivity index (χ3v) is 4.02. The number of carbonyl (C=O) groups is 1. The van der Waals surface area contributed by atoms with Crippen LogP contribution in [-0.2, 0) is 6.54 Å². The highest BCUT2D eigenvalue weighted by molar-refractivity contribution is 9.10. The molecule has 0 aliphatic heterocycles. The topological polar surface area (TPSA) is 103 Å². The predicted octanol–water partition coefficient (Wildman–Crippen LogP) is 3.91. The van der Waals surface area contributed by atoms with Crippen molar-refractivity contribution in [1.82, 2.24) is 0 Å². The molecule has 2 rings (SSSR count). The highest BCUT2D eigenvalue weighted by Gasteiger charge is 2.15. The molecule has 0 spiro atoms. The number of nitrogens with one attached hydrogen (secondary N) is 2. The number of rotatable bonds is 8. The molecule has 26 heavy (non-hydrogen) atoms. The number of carboxylic acid groups (broad SMARTS) is 1. The van der Waals surface area contributed by atoms with E-state index in [0.29, 0.717) is 23.5 Å². The van der Waals surface area contributed by atoms with Crippen molar-refractivity contribution < 1.29 is 19.7 Å². The molecule has 0 aromatic heterocycles. The van der Waals surface area contributed by atoms with E-state index in [9.17, 15) is 9.90 Å². The Morgan fingerprint density at radius 2 is 2.04 bits per heavy atom. The minimum Gasteiger partial charge on any atom is -0.490 e. The zero-order chi connectivity index (χ0) is 19.3. The molecule has 0 saturated heterocycles. The summed E-state index contributed by atoms with van der Waals surface area (Å²) in [7, 11) is 0. The monoisotopic (exact) mass is 420 g/mol. The van der Waals surface area contributed by atoms with Crippen molar-refractivity contribution in [2.45, 2.75) is 26.0 Å². The molecule has 0 heterocycles. The van der Waals surface area contributed by atoms with E-state index in [-0.39, 0.29) is 12.2 Å².